The van der Waals surface area contributed by atoms with E-state index in [1.54, 1.807) is 7.05 Å². The summed E-state index contributed by atoms with van der Waals surface area (Å²) in [5.41, 5.74) is 1.06. The van der Waals surface area contributed by atoms with Gasteiger partial charge in [-0.15, -0.1) is 0 Å². The zero-order valence-electron chi connectivity index (χ0n) is 13.1. The molecule has 5 heteroatoms. The Hall–Kier alpha value is -1.88. The van der Waals surface area contributed by atoms with E-state index >= 15 is 0 Å². The summed E-state index contributed by atoms with van der Waals surface area (Å²) < 4.78 is 0. The van der Waals surface area contributed by atoms with Gasteiger partial charge in [0.15, 0.2) is 0 Å². The second-order valence-corrected chi connectivity index (χ2v) is 5.29. The Balaban J connectivity index is 2.41. The minimum atomic E-state index is -0.131. The van der Waals surface area contributed by atoms with Crippen molar-refractivity contribution in [2.75, 3.05) is 14.2 Å². The van der Waals surface area contributed by atoms with Crippen LogP contribution in [-0.2, 0) is 14.4 Å². The van der Waals surface area contributed by atoms with Gasteiger partial charge in [0.25, 0.3) is 0 Å². The molecule has 0 aromatic heterocycles. The lowest BCUT2D eigenvalue weighted by Crippen LogP contribution is -2.30. The highest BCUT2D eigenvalue weighted by Gasteiger charge is 2.17. The number of benzene rings is 1. The third kappa shape index (κ3) is 5.95. The maximum atomic E-state index is 12.0. The third-order valence-electron chi connectivity index (χ3n) is 3.36. The molecule has 0 aliphatic heterocycles. The van der Waals surface area contributed by atoms with Crippen LogP contribution in [0.2, 0.25) is 0 Å². The number of hydrogen-bond donors (Lipinski definition) is 1. The molecule has 1 aromatic rings. The van der Waals surface area contributed by atoms with Gasteiger partial charge < -0.3 is 5.32 Å². The molecule has 2 amide bonds. The Labute approximate surface area is 126 Å². The molecule has 116 valence electrons. The number of nitrogens with zero attached hydrogens (tertiary/aromatic N) is 1. The number of hydrogen-bond acceptors (Lipinski definition) is 3. The minimum Gasteiger partial charge on any atom is -0.350 e. The van der Waals surface area contributed by atoms with Crippen molar-refractivity contribution in [2.45, 2.75) is 32.7 Å². The summed E-state index contributed by atoms with van der Waals surface area (Å²) in [6.45, 7) is 3.83. The Morgan fingerprint density at radius 1 is 1.19 bits per heavy atom. The fourth-order valence-electron chi connectivity index (χ4n) is 2.04. The molecule has 0 saturated heterocycles. The van der Waals surface area contributed by atoms with Gasteiger partial charge in [0.2, 0.25) is 11.8 Å². The first-order valence-corrected chi connectivity index (χ1v) is 7.09. The topological polar surface area (TPSA) is 58.6 Å². The van der Waals surface area contributed by atoms with Crippen molar-refractivity contribution in [3.8, 4) is 0 Å². The third-order valence-corrected chi connectivity index (χ3v) is 3.36. The smallest absolute Gasteiger partial charge is 0.246 e. The number of nitrogens with one attached hydrogen (secondary N) is 1. The van der Waals surface area contributed by atoms with Crippen LogP contribution in [0.3, 0.4) is 0 Å². The van der Waals surface area contributed by atoms with Gasteiger partial charge in [-0.25, -0.2) is 5.06 Å². The average Bonchev–Trinajstić information content (AvgIpc) is 2.46. The molecule has 0 heterocycles. The lowest BCUT2D eigenvalue weighted by molar-refractivity contribution is -0.169. The zero-order chi connectivity index (χ0) is 15.8. The van der Waals surface area contributed by atoms with Crippen LogP contribution in [0.4, 0.5) is 0 Å². The first kappa shape index (κ1) is 17.2. The molecule has 1 rings (SSSR count). The van der Waals surface area contributed by atoms with E-state index in [0.29, 0.717) is 6.42 Å². The largest absolute Gasteiger partial charge is 0.350 e. The lowest BCUT2D eigenvalue weighted by Gasteiger charge is -2.18. The van der Waals surface area contributed by atoms with Crippen LogP contribution in [0.25, 0.3) is 0 Å². The van der Waals surface area contributed by atoms with E-state index in [-0.39, 0.29) is 30.2 Å². The summed E-state index contributed by atoms with van der Waals surface area (Å²) in [5, 5.41) is 4.13. The molecule has 1 aromatic carbocycles. The summed E-state index contributed by atoms with van der Waals surface area (Å²) in [6, 6.07) is 9.75. The molecule has 0 aliphatic rings. The van der Waals surface area contributed by atoms with Gasteiger partial charge in [-0.3, -0.25) is 14.4 Å². The molecule has 0 bridgehead atoms. The molecule has 0 saturated carbocycles. The highest BCUT2D eigenvalue weighted by Crippen LogP contribution is 2.14. The van der Waals surface area contributed by atoms with Crippen molar-refractivity contribution in [1.82, 2.24) is 10.4 Å². The number of hydroxylamine groups is 2. The molecule has 5 nitrogen and oxygen atoms in total. The standard InChI is InChI=1S/C16H24N2O3/c1-12(11-16(20)18(3)21-4)10-15(19)17-13(2)14-8-6-5-7-9-14/h5-9,12-13H,10-11H2,1-4H3,(H,17,19)/t12-,13-/m0/s1. The van der Waals surface area contributed by atoms with Crippen molar-refractivity contribution < 1.29 is 14.4 Å². The number of carbonyl (C=O) groups excluding carboxylic acids is 2. The van der Waals surface area contributed by atoms with Crippen LogP contribution < -0.4 is 5.32 Å². The number of amides is 2. The summed E-state index contributed by atoms with van der Waals surface area (Å²) >= 11 is 0. The van der Waals surface area contributed by atoms with Gasteiger partial charge >= 0.3 is 0 Å². The van der Waals surface area contributed by atoms with Crippen LogP contribution in [0.5, 0.6) is 0 Å². The lowest BCUT2D eigenvalue weighted by atomic mass is 10.0. The van der Waals surface area contributed by atoms with Gasteiger partial charge in [-0.05, 0) is 18.4 Å². The number of carbonyl (C=O) groups is 2. The van der Waals surface area contributed by atoms with Crippen LogP contribution >= 0.6 is 0 Å². The van der Waals surface area contributed by atoms with Gasteiger partial charge in [0.05, 0.1) is 13.2 Å². The average molecular weight is 292 g/mol. The second-order valence-electron chi connectivity index (χ2n) is 5.29. The Morgan fingerprint density at radius 2 is 1.81 bits per heavy atom. The summed E-state index contributed by atoms with van der Waals surface area (Å²) in [6.07, 6.45) is 0.609. The van der Waals surface area contributed by atoms with Crippen LogP contribution in [0.1, 0.15) is 38.3 Å². The predicted octanol–water partition coefficient (Wildman–Crippen LogP) is 2.30. The summed E-state index contributed by atoms with van der Waals surface area (Å²) in [4.78, 5) is 28.5. The monoisotopic (exact) mass is 292 g/mol. The molecule has 0 spiro atoms. The molecule has 0 unspecified atom stereocenters. The Kier molecular flexibility index (Phi) is 6.88. The summed E-state index contributed by atoms with van der Waals surface area (Å²) in [5.74, 6) is -0.210. The minimum absolute atomic E-state index is 0.0296. The maximum absolute atomic E-state index is 12.0. The van der Waals surface area contributed by atoms with Crippen LogP contribution in [0, 0.1) is 5.92 Å². The quantitative estimate of drug-likeness (QED) is 0.785. The van der Waals surface area contributed by atoms with E-state index in [1.807, 2.05) is 44.2 Å². The summed E-state index contributed by atoms with van der Waals surface area (Å²) in [7, 11) is 3.00. The molecule has 21 heavy (non-hydrogen) atoms. The first-order chi connectivity index (χ1) is 9.93. The highest BCUT2D eigenvalue weighted by molar-refractivity contribution is 5.79. The normalized spacial score (nSPS) is 13.3. The van der Waals surface area contributed by atoms with Crippen molar-refractivity contribution in [2.24, 2.45) is 5.92 Å². The molecule has 0 fully saturated rings. The van der Waals surface area contributed by atoms with E-state index in [2.05, 4.69) is 5.32 Å². The van der Waals surface area contributed by atoms with E-state index in [4.69, 9.17) is 4.84 Å². The van der Waals surface area contributed by atoms with Crippen LogP contribution in [-0.4, -0.2) is 31.0 Å². The molecule has 0 aliphatic carbocycles. The Bertz CT molecular complexity index is 462. The van der Waals surface area contributed by atoms with Crippen LogP contribution in [0.15, 0.2) is 30.3 Å². The van der Waals surface area contributed by atoms with Crippen molar-refractivity contribution >= 4 is 11.8 Å². The highest BCUT2D eigenvalue weighted by atomic mass is 16.7. The second kappa shape index (κ2) is 8.42. The van der Waals surface area contributed by atoms with E-state index in [1.165, 1.54) is 12.2 Å². The van der Waals surface area contributed by atoms with Gasteiger partial charge in [0, 0.05) is 19.9 Å². The number of rotatable bonds is 7. The fourth-order valence-corrected chi connectivity index (χ4v) is 2.04. The molecule has 2 atom stereocenters. The fraction of sp³-hybridized carbons (Fsp3) is 0.500. The molecule has 1 N–H and O–H groups in total. The van der Waals surface area contributed by atoms with Crippen molar-refractivity contribution in [3.63, 3.8) is 0 Å². The molecule has 0 radical (unpaired) electrons. The first-order valence-electron chi connectivity index (χ1n) is 7.09. The predicted molar refractivity (Wildman–Crippen MR) is 81.2 cm³/mol. The molecular formula is C16H24N2O3. The zero-order valence-corrected chi connectivity index (χ0v) is 13.1. The van der Waals surface area contributed by atoms with Crippen molar-refractivity contribution in [1.29, 1.82) is 0 Å². The van der Waals surface area contributed by atoms with Gasteiger partial charge in [-0.2, -0.15) is 0 Å². The van der Waals surface area contributed by atoms with E-state index < -0.39 is 0 Å². The van der Waals surface area contributed by atoms with E-state index in [9.17, 15) is 9.59 Å². The van der Waals surface area contributed by atoms with Gasteiger partial charge in [0.1, 0.15) is 0 Å². The van der Waals surface area contributed by atoms with Gasteiger partial charge in [-0.1, -0.05) is 37.3 Å². The SMILES string of the molecule is CON(C)C(=O)C[C@@H](C)CC(=O)N[C@@H](C)c1ccccc1. The Morgan fingerprint density at radius 3 is 2.38 bits per heavy atom. The van der Waals surface area contributed by atoms with Crippen molar-refractivity contribution in [3.05, 3.63) is 35.9 Å². The maximum Gasteiger partial charge on any atom is 0.246 e. The molecular weight excluding hydrogens is 268 g/mol. The van der Waals surface area contributed by atoms with E-state index in [0.717, 1.165) is 5.56 Å².